The van der Waals surface area contributed by atoms with Gasteiger partial charge in [0.25, 0.3) is 5.22 Å². The number of rotatable bonds is 4. The topological polar surface area (TPSA) is 84.2 Å². The van der Waals surface area contributed by atoms with Crippen molar-refractivity contribution in [3.63, 3.8) is 0 Å². The molecule has 3 amide bonds. The van der Waals surface area contributed by atoms with Crippen molar-refractivity contribution in [1.29, 1.82) is 0 Å². The predicted octanol–water partition coefficient (Wildman–Crippen LogP) is 3.12. The molecule has 3 rings (SSSR count). The maximum Gasteiger partial charge on any atom is 0.321 e. The summed E-state index contributed by atoms with van der Waals surface area (Å²) in [6.07, 6.45) is 0. The van der Waals surface area contributed by atoms with Gasteiger partial charge in [0, 0.05) is 7.05 Å². The molecule has 1 heterocycles. The van der Waals surface area contributed by atoms with E-state index in [9.17, 15) is 9.59 Å². The third-order valence-corrected chi connectivity index (χ3v) is 4.40. The first-order valence-electron chi connectivity index (χ1n) is 7.27. The van der Waals surface area contributed by atoms with Crippen LogP contribution in [0.15, 0.2) is 64.2 Å². The quantitative estimate of drug-likeness (QED) is 0.712. The number of hydrogen-bond donors (Lipinski definition) is 2. The molecule has 2 N–H and O–H groups in total. The number of carbonyl (C=O) groups excluding carboxylic acids is 2. The van der Waals surface area contributed by atoms with Crippen molar-refractivity contribution < 1.29 is 14.0 Å². The molecule has 0 aliphatic carbocycles. The summed E-state index contributed by atoms with van der Waals surface area (Å²) in [6.45, 7) is 0. The second kappa shape index (κ2) is 7.18. The number of amides is 3. The van der Waals surface area contributed by atoms with Crippen molar-refractivity contribution >= 4 is 34.8 Å². The molecule has 0 fully saturated rings. The van der Waals surface area contributed by atoms with E-state index in [1.165, 1.54) is 7.05 Å². The number of benzene rings is 2. The number of para-hydroxylation sites is 2. The zero-order valence-corrected chi connectivity index (χ0v) is 13.7. The van der Waals surface area contributed by atoms with Gasteiger partial charge in [0.05, 0.1) is 0 Å². The number of oxazole rings is 1. The van der Waals surface area contributed by atoms with Crippen molar-refractivity contribution in [2.45, 2.75) is 10.5 Å². The fourth-order valence-electron chi connectivity index (χ4n) is 2.14. The number of hydrogen-bond acceptors (Lipinski definition) is 5. The van der Waals surface area contributed by atoms with Crippen LogP contribution in [0, 0.1) is 0 Å². The summed E-state index contributed by atoms with van der Waals surface area (Å²) < 4.78 is 5.67. The van der Waals surface area contributed by atoms with Crippen LogP contribution in [0.1, 0.15) is 10.8 Å². The Morgan fingerprint density at radius 2 is 1.79 bits per heavy atom. The maximum atomic E-state index is 12.5. The van der Waals surface area contributed by atoms with E-state index in [-0.39, 0.29) is 0 Å². The molecule has 0 radical (unpaired) electrons. The molecule has 0 unspecified atom stereocenters. The summed E-state index contributed by atoms with van der Waals surface area (Å²) in [7, 11) is 1.45. The molecule has 0 saturated carbocycles. The molecule has 0 spiro atoms. The average molecular weight is 341 g/mol. The van der Waals surface area contributed by atoms with Gasteiger partial charge in [0.2, 0.25) is 5.91 Å². The number of nitrogens with zero attached hydrogens (tertiary/aromatic N) is 1. The van der Waals surface area contributed by atoms with Gasteiger partial charge in [-0.05, 0) is 29.5 Å². The van der Waals surface area contributed by atoms with Crippen LogP contribution in [0.2, 0.25) is 0 Å². The number of urea groups is 1. The van der Waals surface area contributed by atoms with Gasteiger partial charge in [-0.25, -0.2) is 9.78 Å². The summed E-state index contributed by atoms with van der Waals surface area (Å²) in [6, 6.07) is 16.0. The molecule has 0 aliphatic rings. The monoisotopic (exact) mass is 341 g/mol. The molecule has 6 nitrogen and oxygen atoms in total. The van der Waals surface area contributed by atoms with Gasteiger partial charge in [-0.15, -0.1) is 0 Å². The Kier molecular flexibility index (Phi) is 4.81. The minimum Gasteiger partial charge on any atom is -0.431 e. The van der Waals surface area contributed by atoms with Crippen molar-refractivity contribution in [3.8, 4) is 0 Å². The first-order chi connectivity index (χ1) is 11.7. The normalized spacial score (nSPS) is 11.9. The third kappa shape index (κ3) is 3.57. The van der Waals surface area contributed by atoms with Gasteiger partial charge in [-0.3, -0.25) is 10.1 Å². The number of thioether (sulfide) groups is 1. The molecule has 2 aromatic carbocycles. The van der Waals surface area contributed by atoms with Crippen LogP contribution < -0.4 is 10.6 Å². The molecule has 3 aromatic rings. The molecule has 7 heteroatoms. The maximum absolute atomic E-state index is 12.5. The zero-order valence-electron chi connectivity index (χ0n) is 12.9. The summed E-state index contributed by atoms with van der Waals surface area (Å²) in [5.41, 5.74) is 2.13. The molecule has 0 aliphatic heterocycles. The second-order valence-electron chi connectivity index (χ2n) is 4.92. The Morgan fingerprint density at radius 1 is 1.08 bits per heavy atom. The van der Waals surface area contributed by atoms with Gasteiger partial charge >= 0.3 is 6.03 Å². The Balaban J connectivity index is 1.89. The molecule has 1 atom stereocenters. The third-order valence-electron chi connectivity index (χ3n) is 3.30. The second-order valence-corrected chi connectivity index (χ2v) is 5.98. The first kappa shape index (κ1) is 16.1. The lowest BCUT2D eigenvalue weighted by atomic mass is 10.1. The number of nitrogens with one attached hydrogen (secondary N) is 2. The van der Waals surface area contributed by atoms with Crippen LogP contribution in [0.25, 0.3) is 11.1 Å². The van der Waals surface area contributed by atoms with Crippen LogP contribution in [-0.4, -0.2) is 24.0 Å². The van der Waals surface area contributed by atoms with E-state index < -0.39 is 17.2 Å². The Morgan fingerprint density at radius 3 is 2.50 bits per heavy atom. The SMILES string of the molecule is CNC(=O)NC(=O)[C@H](Sc1nc2ccccc2o1)c1ccccc1. The van der Waals surface area contributed by atoms with Crippen LogP contribution in [-0.2, 0) is 4.79 Å². The van der Waals surface area contributed by atoms with Crippen LogP contribution in [0.3, 0.4) is 0 Å². The van der Waals surface area contributed by atoms with Gasteiger partial charge in [-0.1, -0.05) is 42.5 Å². The Bertz CT molecular complexity index is 831. The lowest BCUT2D eigenvalue weighted by Crippen LogP contribution is -2.39. The van der Waals surface area contributed by atoms with Crippen LogP contribution >= 0.6 is 11.8 Å². The summed E-state index contributed by atoms with van der Waals surface area (Å²) >= 11 is 1.16. The lowest BCUT2D eigenvalue weighted by Gasteiger charge is -2.14. The van der Waals surface area contributed by atoms with Crippen molar-refractivity contribution in [3.05, 3.63) is 60.2 Å². The molecular weight excluding hydrogens is 326 g/mol. The predicted molar refractivity (Wildman–Crippen MR) is 91.6 cm³/mol. The fraction of sp³-hybridized carbons (Fsp3) is 0.118. The summed E-state index contributed by atoms with van der Waals surface area (Å²) in [5, 5.41) is 4.39. The standard InChI is InChI=1S/C17H15N3O3S/c1-18-16(22)20-15(21)14(11-7-3-2-4-8-11)24-17-19-12-9-5-6-10-13(12)23-17/h2-10,14H,1H3,(H2,18,20,21,22)/t14-/m1/s1. The largest absolute Gasteiger partial charge is 0.431 e. The fourth-order valence-corrected chi connectivity index (χ4v) is 3.09. The van der Waals surface area contributed by atoms with Gasteiger partial charge < -0.3 is 9.73 Å². The molecule has 122 valence electrons. The van der Waals surface area contributed by atoms with Gasteiger partial charge in [0.1, 0.15) is 10.8 Å². The van der Waals surface area contributed by atoms with E-state index in [4.69, 9.17) is 4.42 Å². The minimum atomic E-state index is -0.656. The number of fused-ring (bicyclic) bond motifs is 1. The van der Waals surface area contributed by atoms with Gasteiger partial charge in [-0.2, -0.15) is 0 Å². The summed E-state index contributed by atoms with van der Waals surface area (Å²) in [4.78, 5) is 28.3. The van der Waals surface area contributed by atoms with Crippen LogP contribution in [0.4, 0.5) is 4.79 Å². The zero-order chi connectivity index (χ0) is 16.9. The Hall–Kier alpha value is -2.80. The van der Waals surface area contributed by atoms with E-state index in [0.29, 0.717) is 10.8 Å². The molecule has 1 aromatic heterocycles. The van der Waals surface area contributed by atoms with Crippen molar-refractivity contribution in [2.75, 3.05) is 7.05 Å². The first-order valence-corrected chi connectivity index (χ1v) is 8.15. The number of carbonyl (C=O) groups is 2. The van der Waals surface area contributed by atoms with E-state index in [1.54, 1.807) is 0 Å². The molecule has 24 heavy (non-hydrogen) atoms. The minimum absolute atomic E-state index is 0.372. The van der Waals surface area contributed by atoms with E-state index in [2.05, 4.69) is 15.6 Å². The molecule has 0 bridgehead atoms. The van der Waals surface area contributed by atoms with E-state index >= 15 is 0 Å². The highest BCUT2D eigenvalue weighted by molar-refractivity contribution is 8.00. The molecular formula is C17H15N3O3S. The number of imide groups is 1. The number of aromatic nitrogens is 1. The Labute approximate surface area is 142 Å². The highest BCUT2D eigenvalue weighted by Crippen LogP contribution is 2.36. The van der Waals surface area contributed by atoms with Crippen molar-refractivity contribution in [1.82, 2.24) is 15.6 Å². The van der Waals surface area contributed by atoms with Gasteiger partial charge in [0.15, 0.2) is 5.58 Å². The highest BCUT2D eigenvalue weighted by Gasteiger charge is 2.25. The van der Waals surface area contributed by atoms with E-state index in [1.807, 2.05) is 54.6 Å². The highest BCUT2D eigenvalue weighted by atomic mass is 32.2. The van der Waals surface area contributed by atoms with E-state index in [0.717, 1.165) is 22.8 Å². The smallest absolute Gasteiger partial charge is 0.321 e. The summed E-state index contributed by atoms with van der Waals surface area (Å²) in [5.74, 6) is -0.437. The lowest BCUT2D eigenvalue weighted by molar-refractivity contribution is -0.119. The molecule has 0 saturated heterocycles. The van der Waals surface area contributed by atoms with Crippen LogP contribution in [0.5, 0.6) is 0 Å². The van der Waals surface area contributed by atoms with Crippen molar-refractivity contribution in [2.24, 2.45) is 0 Å². The average Bonchev–Trinajstić information content (AvgIpc) is 3.02.